The molecule has 0 spiro atoms. The largest absolute Gasteiger partial charge is 0.493 e. The first-order valence-corrected chi connectivity index (χ1v) is 14.2. The van der Waals surface area contributed by atoms with Gasteiger partial charge in [0.2, 0.25) is 5.91 Å². The van der Waals surface area contributed by atoms with Crippen LogP contribution in [-0.4, -0.2) is 40.4 Å². The number of nitrogens with one attached hydrogen (secondary N) is 3. The molecule has 1 saturated heterocycles. The average molecular weight is 529 g/mol. The third kappa shape index (κ3) is 4.07. The summed E-state index contributed by atoms with van der Waals surface area (Å²) in [5.41, 5.74) is 2.75. The lowest BCUT2D eigenvalue weighted by Gasteiger charge is -2.46. The number of guanidine groups is 1. The van der Waals surface area contributed by atoms with Gasteiger partial charge in [-0.3, -0.25) is 19.9 Å². The number of fused-ring (bicyclic) bond motifs is 3. The highest BCUT2D eigenvalue weighted by Crippen LogP contribution is 2.54. The van der Waals surface area contributed by atoms with Gasteiger partial charge in [0.15, 0.2) is 5.96 Å². The smallest absolute Gasteiger partial charge is 0.251 e. The monoisotopic (exact) mass is 528 g/mol. The van der Waals surface area contributed by atoms with Gasteiger partial charge in [-0.05, 0) is 80.8 Å². The molecular formula is C31H36N4O4. The maximum absolute atomic E-state index is 13.7. The van der Waals surface area contributed by atoms with Gasteiger partial charge in [-0.25, -0.2) is 0 Å². The number of amides is 2. The van der Waals surface area contributed by atoms with E-state index in [0.29, 0.717) is 49.0 Å². The second-order valence-electron chi connectivity index (χ2n) is 12.6. The first-order valence-electron chi connectivity index (χ1n) is 14.2. The van der Waals surface area contributed by atoms with Crippen LogP contribution in [0.3, 0.4) is 0 Å². The van der Waals surface area contributed by atoms with E-state index in [1.165, 1.54) is 5.56 Å². The van der Waals surface area contributed by atoms with Crippen molar-refractivity contribution in [1.82, 2.24) is 15.5 Å². The maximum Gasteiger partial charge on any atom is 0.251 e. The first kappa shape index (κ1) is 24.5. The summed E-state index contributed by atoms with van der Waals surface area (Å²) in [4.78, 5) is 29.0. The molecule has 0 radical (unpaired) electrons. The number of hydrogen-bond donors (Lipinski definition) is 3. The highest BCUT2D eigenvalue weighted by Gasteiger charge is 2.50. The van der Waals surface area contributed by atoms with E-state index in [0.717, 1.165) is 36.1 Å². The summed E-state index contributed by atoms with van der Waals surface area (Å²) in [6.45, 7) is 6.69. The Balaban J connectivity index is 1.35. The van der Waals surface area contributed by atoms with Crippen molar-refractivity contribution in [3.05, 3.63) is 58.7 Å². The van der Waals surface area contributed by atoms with Gasteiger partial charge < -0.3 is 20.1 Å². The van der Waals surface area contributed by atoms with Crippen molar-refractivity contribution in [1.29, 1.82) is 5.41 Å². The minimum atomic E-state index is -0.421. The molecular weight excluding hydrogens is 492 g/mol. The molecule has 8 rings (SSSR count). The van der Waals surface area contributed by atoms with Crippen LogP contribution in [0.5, 0.6) is 11.5 Å². The number of carbonyl (C=O) groups is 2. The van der Waals surface area contributed by atoms with Gasteiger partial charge in [-0.1, -0.05) is 13.0 Å². The Morgan fingerprint density at radius 2 is 1.90 bits per heavy atom. The summed E-state index contributed by atoms with van der Waals surface area (Å²) in [7, 11) is 0. The highest BCUT2D eigenvalue weighted by atomic mass is 16.5. The summed E-state index contributed by atoms with van der Waals surface area (Å²) in [6.07, 6.45) is 4.29. The molecule has 39 heavy (non-hydrogen) atoms. The number of rotatable bonds is 1. The fourth-order valence-electron chi connectivity index (χ4n) is 7.31. The Kier molecular flexibility index (Phi) is 5.32. The third-order valence-corrected chi connectivity index (χ3v) is 9.45. The predicted octanol–water partition coefficient (Wildman–Crippen LogP) is 4.96. The van der Waals surface area contributed by atoms with Crippen molar-refractivity contribution in [3.8, 4) is 11.5 Å². The van der Waals surface area contributed by atoms with E-state index >= 15 is 0 Å². The van der Waals surface area contributed by atoms with Gasteiger partial charge in [-0.2, -0.15) is 0 Å². The summed E-state index contributed by atoms with van der Waals surface area (Å²) < 4.78 is 12.3. The Morgan fingerprint density at radius 3 is 2.69 bits per heavy atom. The molecule has 0 aromatic heterocycles. The zero-order valence-electron chi connectivity index (χ0n) is 22.8. The molecule has 5 aliphatic heterocycles. The van der Waals surface area contributed by atoms with Crippen molar-refractivity contribution in [3.63, 3.8) is 0 Å². The van der Waals surface area contributed by atoms with Crippen molar-refractivity contribution in [2.24, 2.45) is 5.92 Å². The SMILES string of the molecule is CC[C@@]12CC(=O)N(C(=N)N1)[C@@H]1CCOc3ccc(cc31)C(=O)N[C@H]1CC(C)(C)Oc3ccc(cc31)C1CC1C2. The van der Waals surface area contributed by atoms with Crippen LogP contribution in [0.1, 0.15) is 104 Å². The number of benzene rings is 2. The van der Waals surface area contributed by atoms with Crippen molar-refractivity contribution >= 4 is 17.8 Å². The quantitative estimate of drug-likeness (QED) is 0.486. The van der Waals surface area contributed by atoms with Crippen molar-refractivity contribution in [2.75, 3.05) is 6.61 Å². The molecule has 2 aromatic carbocycles. The van der Waals surface area contributed by atoms with Gasteiger partial charge in [0.05, 0.1) is 25.1 Å². The fourth-order valence-corrected chi connectivity index (χ4v) is 7.31. The summed E-state index contributed by atoms with van der Waals surface area (Å²) in [5, 5.41) is 15.7. The van der Waals surface area contributed by atoms with Gasteiger partial charge >= 0.3 is 0 Å². The van der Waals surface area contributed by atoms with Gasteiger partial charge in [0, 0.05) is 35.1 Å². The van der Waals surface area contributed by atoms with Crippen LogP contribution >= 0.6 is 0 Å². The van der Waals surface area contributed by atoms with Gasteiger partial charge in [0.25, 0.3) is 5.91 Å². The molecule has 5 atom stereocenters. The highest BCUT2D eigenvalue weighted by molar-refractivity contribution is 6.00. The molecule has 2 amide bonds. The van der Waals surface area contributed by atoms with Crippen LogP contribution in [0, 0.1) is 11.3 Å². The lowest BCUT2D eigenvalue weighted by Crippen LogP contribution is -2.63. The van der Waals surface area contributed by atoms with Crippen LogP contribution in [0.2, 0.25) is 0 Å². The van der Waals surface area contributed by atoms with E-state index in [9.17, 15) is 9.59 Å². The third-order valence-electron chi connectivity index (χ3n) is 9.45. The number of carbonyl (C=O) groups excluding carboxylic acids is 2. The molecule has 2 aromatic rings. The average Bonchev–Trinajstić information content (AvgIpc) is 3.65. The van der Waals surface area contributed by atoms with Crippen molar-refractivity contribution < 1.29 is 19.1 Å². The van der Waals surface area contributed by atoms with Gasteiger partial charge in [0.1, 0.15) is 17.1 Å². The standard InChI is InChI=1S/C31H36N4O4/c1-4-31-14-19-13-20(19)17-5-8-26-21(11-17)23(15-30(2,3)39-26)33-28(37)18-6-7-25-22(12-18)24(9-10-38-25)35(27(36)16-31)29(32)34-31/h5-8,11-12,19-20,23-24H,4,9-10,13-16H2,1-3H3,(H2,32,34)(H,33,37)/t19?,20?,23-,24+,31+/m0/s1. The molecule has 5 heterocycles. The van der Waals surface area contributed by atoms with Crippen molar-refractivity contribution in [2.45, 2.75) is 88.4 Å². The Bertz CT molecular complexity index is 1380. The van der Waals surface area contributed by atoms with Crippen LogP contribution in [0.15, 0.2) is 36.4 Å². The van der Waals surface area contributed by atoms with E-state index in [-0.39, 0.29) is 29.9 Å². The summed E-state index contributed by atoms with van der Waals surface area (Å²) in [5.74, 6) is 2.28. The lowest BCUT2D eigenvalue weighted by atomic mass is 9.82. The summed E-state index contributed by atoms with van der Waals surface area (Å²) in [6, 6.07) is 11.3. The zero-order valence-corrected chi connectivity index (χ0v) is 22.8. The Labute approximate surface area is 228 Å². The minimum Gasteiger partial charge on any atom is -0.493 e. The van der Waals surface area contributed by atoms with E-state index in [1.807, 2.05) is 12.1 Å². The van der Waals surface area contributed by atoms with Crippen LogP contribution in [0.25, 0.3) is 0 Å². The molecule has 6 bridgehead atoms. The molecule has 3 N–H and O–H groups in total. The first-order chi connectivity index (χ1) is 18.7. The number of nitrogens with zero attached hydrogens (tertiary/aromatic N) is 1. The second-order valence-corrected chi connectivity index (χ2v) is 12.6. The minimum absolute atomic E-state index is 0.0354. The molecule has 204 valence electrons. The van der Waals surface area contributed by atoms with Crippen LogP contribution in [-0.2, 0) is 4.79 Å². The van der Waals surface area contributed by atoms with E-state index in [1.54, 1.807) is 11.0 Å². The molecule has 2 fully saturated rings. The Hall–Kier alpha value is -3.55. The molecule has 1 aliphatic carbocycles. The molecule has 8 nitrogen and oxygen atoms in total. The van der Waals surface area contributed by atoms with Gasteiger partial charge in [-0.15, -0.1) is 0 Å². The van der Waals surface area contributed by atoms with Crippen LogP contribution in [0.4, 0.5) is 0 Å². The molecule has 2 unspecified atom stereocenters. The second kappa shape index (κ2) is 8.47. The van der Waals surface area contributed by atoms with E-state index in [2.05, 4.69) is 49.6 Å². The molecule has 1 saturated carbocycles. The molecule has 6 aliphatic rings. The zero-order chi connectivity index (χ0) is 27.1. The summed E-state index contributed by atoms with van der Waals surface area (Å²) >= 11 is 0. The Morgan fingerprint density at radius 1 is 1.08 bits per heavy atom. The molecule has 8 heteroatoms. The number of ether oxygens (including phenoxy) is 2. The normalized spacial score (nSPS) is 32.2. The predicted molar refractivity (Wildman–Crippen MR) is 146 cm³/mol. The van der Waals surface area contributed by atoms with Crippen LogP contribution < -0.4 is 20.1 Å². The number of hydrogen-bond acceptors (Lipinski definition) is 5. The maximum atomic E-state index is 13.7. The lowest BCUT2D eigenvalue weighted by molar-refractivity contribution is -0.133. The van der Waals surface area contributed by atoms with E-state index < -0.39 is 11.1 Å². The topological polar surface area (TPSA) is 104 Å². The van der Waals surface area contributed by atoms with E-state index in [4.69, 9.17) is 14.9 Å². The fraction of sp³-hybridized carbons (Fsp3) is 0.516.